The highest BCUT2D eigenvalue weighted by Crippen LogP contribution is 2.39. The van der Waals surface area contributed by atoms with Crippen molar-refractivity contribution in [2.24, 2.45) is 5.92 Å². The fourth-order valence-electron chi connectivity index (χ4n) is 5.29. The number of Topliss-reactive ketones (excluding diaryl/α,β-unsaturated/α-hetero) is 1. The van der Waals surface area contributed by atoms with E-state index < -0.39 is 11.6 Å². The van der Waals surface area contributed by atoms with E-state index >= 15 is 0 Å². The molecule has 0 aromatic heterocycles. The van der Waals surface area contributed by atoms with Crippen LogP contribution in [0.1, 0.15) is 49.4 Å². The molecule has 2 amide bonds. The van der Waals surface area contributed by atoms with Gasteiger partial charge in [-0.05, 0) is 51.4 Å². The molecule has 3 aliphatic heterocycles. The van der Waals surface area contributed by atoms with E-state index in [4.69, 9.17) is 4.74 Å². The van der Waals surface area contributed by atoms with E-state index in [9.17, 15) is 14.4 Å². The molecular weight excluding hydrogens is 394 g/mol. The number of carbonyl (C=O) groups excluding carboxylic acids is 3. The minimum Gasteiger partial charge on any atom is -0.486 e. The first-order valence-corrected chi connectivity index (χ1v) is 11.3. The molecule has 3 heterocycles. The van der Waals surface area contributed by atoms with Crippen LogP contribution in [0.2, 0.25) is 0 Å². The zero-order chi connectivity index (χ0) is 22.2. The zero-order valence-electron chi connectivity index (χ0n) is 18.8. The summed E-state index contributed by atoms with van der Waals surface area (Å²) in [5.41, 5.74) is -0.0536. The average Bonchev–Trinajstić information content (AvgIpc) is 3.09. The Morgan fingerprint density at radius 1 is 1.26 bits per heavy atom. The van der Waals surface area contributed by atoms with Crippen LogP contribution in [-0.4, -0.2) is 84.2 Å². The van der Waals surface area contributed by atoms with Gasteiger partial charge in [0.1, 0.15) is 17.4 Å². The molecule has 1 spiro atoms. The maximum Gasteiger partial charge on any atom is 0.244 e. The number of ketones is 1. The molecule has 2 fully saturated rings. The summed E-state index contributed by atoms with van der Waals surface area (Å²) < 4.78 is 6.29. The standard InChI is InChI=1S/C24H33N3O4/c1-17(23(30)26(3)16-18-9-12-25(2)15-18)27-13-11-24(10-8-22(27)29)14-20(28)19-6-4-5-7-21(19)31-24/h4-7,17-18H,8-16H2,1-3H3/t17-,18-,24+/m1/s1. The van der Waals surface area contributed by atoms with Gasteiger partial charge in [0.15, 0.2) is 5.78 Å². The molecule has 4 rings (SSSR count). The lowest BCUT2D eigenvalue weighted by Gasteiger charge is -2.37. The molecule has 2 saturated heterocycles. The van der Waals surface area contributed by atoms with E-state index in [0.29, 0.717) is 43.2 Å². The van der Waals surface area contributed by atoms with Crippen molar-refractivity contribution < 1.29 is 19.1 Å². The Hall–Kier alpha value is -2.41. The predicted molar refractivity (Wildman–Crippen MR) is 117 cm³/mol. The lowest BCUT2D eigenvalue weighted by molar-refractivity contribution is -0.144. The molecule has 7 nitrogen and oxygen atoms in total. The number of hydrogen-bond acceptors (Lipinski definition) is 5. The van der Waals surface area contributed by atoms with Crippen LogP contribution in [0.5, 0.6) is 5.75 Å². The topological polar surface area (TPSA) is 70.2 Å². The van der Waals surface area contributed by atoms with Crippen molar-refractivity contribution in [2.45, 2.75) is 50.7 Å². The summed E-state index contributed by atoms with van der Waals surface area (Å²) in [7, 11) is 3.94. The first kappa shape index (κ1) is 21.8. The van der Waals surface area contributed by atoms with Gasteiger partial charge in [0, 0.05) is 39.5 Å². The summed E-state index contributed by atoms with van der Waals surface area (Å²) in [6.45, 7) is 5.02. The molecule has 3 aliphatic rings. The third-order valence-corrected chi connectivity index (χ3v) is 7.14. The highest BCUT2D eigenvalue weighted by atomic mass is 16.5. The van der Waals surface area contributed by atoms with Gasteiger partial charge in [0.2, 0.25) is 11.8 Å². The van der Waals surface area contributed by atoms with Crippen molar-refractivity contribution >= 4 is 17.6 Å². The lowest BCUT2D eigenvalue weighted by atomic mass is 9.84. The Labute approximate surface area is 184 Å². The number of rotatable bonds is 4. The van der Waals surface area contributed by atoms with Crippen molar-refractivity contribution in [3.8, 4) is 5.75 Å². The molecule has 0 unspecified atom stereocenters. The van der Waals surface area contributed by atoms with Crippen LogP contribution in [0.3, 0.4) is 0 Å². The molecule has 0 N–H and O–H groups in total. The summed E-state index contributed by atoms with van der Waals surface area (Å²) in [5, 5.41) is 0. The Morgan fingerprint density at radius 2 is 2.03 bits per heavy atom. The number of ether oxygens (including phenoxy) is 1. The number of likely N-dealkylation sites (tertiary alicyclic amines) is 2. The van der Waals surface area contributed by atoms with Gasteiger partial charge in [-0.15, -0.1) is 0 Å². The van der Waals surface area contributed by atoms with E-state index in [2.05, 4.69) is 11.9 Å². The smallest absolute Gasteiger partial charge is 0.244 e. The van der Waals surface area contributed by atoms with Gasteiger partial charge in [-0.25, -0.2) is 0 Å². The minimum absolute atomic E-state index is 0.0233. The highest BCUT2D eigenvalue weighted by molar-refractivity contribution is 6.00. The van der Waals surface area contributed by atoms with Crippen LogP contribution < -0.4 is 4.74 Å². The van der Waals surface area contributed by atoms with Crippen molar-refractivity contribution in [1.82, 2.24) is 14.7 Å². The SMILES string of the molecule is C[C@H](C(=O)N(C)C[C@@H]1CCN(C)C1)N1CC[C@@]2(CCC1=O)CC(=O)c1ccccc1O2. The lowest BCUT2D eigenvalue weighted by Crippen LogP contribution is -2.50. The number of carbonyl (C=O) groups is 3. The molecule has 1 aromatic rings. The number of likely N-dealkylation sites (N-methyl/N-ethyl adjacent to an activating group) is 1. The van der Waals surface area contributed by atoms with Gasteiger partial charge in [-0.2, -0.15) is 0 Å². The van der Waals surface area contributed by atoms with Crippen LogP contribution in [-0.2, 0) is 9.59 Å². The van der Waals surface area contributed by atoms with E-state index in [1.165, 1.54) is 0 Å². The van der Waals surface area contributed by atoms with E-state index in [1.54, 1.807) is 15.9 Å². The van der Waals surface area contributed by atoms with Crippen molar-refractivity contribution in [3.05, 3.63) is 29.8 Å². The molecule has 0 saturated carbocycles. The van der Waals surface area contributed by atoms with Gasteiger partial charge < -0.3 is 19.4 Å². The molecule has 31 heavy (non-hydrogen) atoms. The van der Waals surface area contributed by atoms with Crippen LogP contribution in [0.15, 0.2) is 24.3 Å². The van der Waals surface area contributed by atoms with Crippen LogP contribution in [0.4, 0.5) is 0 Å². The Morgan fingerprint density at radius 3 is 2.77 bits per heavy atom. The van der Waals surface area contributed by atoms with E-state index in [-0.39, 0.29) is 30.4 Å². The number of amides is 2. The second-order valence-electron chi connectivity index (χ2n) is 9.53. The Bertz CT molecular complexity index is 872. The predicted octanol–water partition coefficient (Wildman–Crippen LogP) is 2.20. The normalized spacial score (nSPS) is 27.6. The fraction of sp³-hybridized carbons (Fsp3) is 0.625. The monoisotopic (exact) mass is 427 g/mol. The van der Waals surface area contributed by atoms with Gasteiger partial charge in [-0.3, -0.25) is 14.4 Å². The summed E-state index contributed by atoms with van der Waals surface area (Å²) in [5.74, 6) is 1.08. The first-order chi connectivity index (χ1) is 14.8. The second-order valence-corrected chi connectivity index (χ2v) is 9.53. The number of benzene rings is 1. The highest BCUT2D eigenvalue weighted by Gasteiger charge is 2.44. The van der Waals surface area contributed by atoms with Crippen LogP contribution in [0, 0.1) is 5.92 Å². The van der Waals surface area contributed by atoms with Crippen LogP contribution in [0.25, 0.3) is 0 Å². The summed E-state index contributed by atoms with van der Waals surface area (Å²) in [4.78, 5) is 44.5. The first-order valence-electron chi connectivity index (χ1n) is 11.3. The Kier molecular flexibility index (Phi) is 6.06. The second kappa shape index (κ2) is 8.61. The molecule has 0 radical (unpaired) electrons. The molecular formula is C24H33N3O4. The molecule has 1 aromatic carbocycles. The number of para-hydroxylation sites is 1. The van der Waals surface area contributed by atoms with Gasteiger partial charge in [-0.1, -0.05) is 12.1 Å². The average molecular weight is 428 g/mol. The maximum atomic E-state index is 13.1. The minimum atomic E-state index is -0.668. The van der Waals surface area contributed by atoms with Gasteiger partial charge >= 0.3 is 0 Å². The maximum absolute atomic E-state index is 13.1. The summed E-state index contributed by atoms with van der Waals surface area (Å²) >= 11 is 0. The molecule has 0 bridgehead atoms. The molecule has 168 valence electrons. The van der Waals surface area contributed by atoms with E-state index in [1.807, 2.05) is 32.2 Å². The van der Waals surface area contributed by atoms with Gasteiger partial charge in [0.05, 0.1) is 12.0 Å². The summed E-state index contributed by atoms with van der Waals surface area (Å²) in [6.07, 6.45) is 2.70. The number of fused-ring (bicyclic) bond motifs is 1. The van der Waals surface area contributed by atoms with Crippen molar-refractivity contribution in [2.75, 3.05) is 40.3 Å². The number of nitrogens with zero attached hydrogens (tertiary/aromatic N) is 3. The van der Waals surface area contributed by atoms with E-state index in [0.717, 1.165) is 19.5 Å². The number of hydrogen-bond donors (Lipinski definition) is 0. The third kappa shape index (κ3) is 4.47. The van der Waals surface area contributed by atoms with Crippen molar-refractivity contribution in [3.63, 3.8) is 0 Å². The largest absolute Gasteiger partial charge is 0.486 e. The van der Waals surface area contributed by atoms with Crippen molar-refractivity contribution in [1.29, 1.82) is 0 Å². The van der Waals surface area contributed by atoms with Crippen LogP contribution >= 0.6 is 0 Å². The molecule has 0 aliphatic carbocycles. The quantitative estimate of drug-likeness (QED) is 0.737. The molecule has 3 atom stereocenters. The molecule has 7 heteroatoms. The third-order valence-electron chi connectivity index (χ3n) is 7.14. The summed E-state index contributed by atoms with van der Waals surface area (Å²) in [6, 6.07) is 6.79. The van der Waals surface area contributed by atoms with Gasteiger partial charge in [0.25, 0.3) is 0 Å². The Balaban J connectivity index is 1.42. The fourth-order valence-corrected chi connectivity index (χ4v) is 5.29. The zero-order valence-corrected chi connectivity index (χ0v) is 18.8.